The van der Waals surface area contributed by atoms with E-state index in [1.807, 2.05) is 26.0 Å². The molecule has 0 fully saturated rings. The average Bonchev–Trinajstić information content (AvgIpc) is 2.73. The van der Waals surface area contributed by atoms with Gasteiger partial charge >= 0.3 is 0 Å². The van der Waals surface area contributed by atoms with Crippen molar-refractivity contribution in [1.82, 2.24) is 4.98 Å². The molecule has 0 aromatic carbocycles. The second kappa shape index (κ2) is 5.39. The number of aryl methyl sites for hydroxylation is 1. The maximum Gasteiger partial charge on any atom is 0.150 e. The van der Waals surface area contributed by atoms with Gasteiger partial charge in [-0.15, -0.1) is 0 Å². The van der Waals surface area contributed by atoms with Crippen LogP contribution in [0.1, 0.15) is 24.5 Å². The Morgan fingerprint density at radius 2 is 1.94 bits per heavy atom. The van der Waals surface area contributed by atoms with E-state index in [1.165, 1.54) is 0 Å². The summed E-state index contributed by atoms with van der Waals surface area (Å²) in [5, 5.41) is 4.09. The molecule has 0 radical (unpaired) electrons. The topological polar surface area (TPSA) is 38.1 Å². The van der Waals surface area contributed by atoms with Crippen molar-refractivity contribution in [2.24, 2.45) is 0 Å². The fraction of sp³-hybridized carbons (Fsp3) is 0.250. The lowest BCUT2D eigenvalue weighted by Crippen LogP contribution is -2.07. The molecule has 6 heteroatoms. The van der Waals surface area contributed by atoms with Crippen LogP contribution in [0, 0.1) is 6.92 Å². The average molecular weight is 306 g/mol. The summed E-state index contributed by atoms with van der Waals surface area (Å²) in [7, 11) is 0. The number of anilines is 1. The molecule has 0 aliphatic heterocycles. The first-order valence-corrected chi connectivity index (χ1v) is 6.45. The molecular weight excluding hydrogens is 295 g/mol. The number of hydrogen-bond donors (Lipinski definition) is 1. The fourth-order valence-corrected chi connectivity index (χ4v) is 2.06. The van der Waals surface area contributed by atoms with Crippen molar-refractivity contribution >= 4 is 40.6 Å². The first-order chi connectivity index (χ1) is 8.47. The Bertz CT molecular complexity index is 568. The maximum absolute atomic E-state index is 6.04. The van der Waals surface area contributed by atoms with Crippen molar-refractivity contribution in [2.75, 3.05) is 5.32 Å². The molecule has 0 saturated carbocycles. The second-order valence-corrected chi connectivity index (χ2v) is 5.08. The molecule has 2 heterocycles. The molecule has 0 amide bonds. The Balaban J connectivity index is 2.21. The number of aromatic nitrogens is 1. The van der Waals surface area contributed by atoms with Crippen LogP contribution in [0.15, 0.2) is 22.6 Å². The van der Waals surface area contributed by atoms with Gasteiger partial charge in [0.1, 0.15) is 22.5 Å². The summed E-state index contributed by atoms with van der Waals surface area (Å²) in [6, 6.07) is 5.29. The normalized spacial score (nSPS) is 12.5. The van der Waals surface area contributed by atoms with E-state index in [0.29, 0.717) is 15.9 Å². The van der Waals surface area contributed by atoms with E-state index in [1.54, 1.807) is 6.07 Å². The van der Waals surface area contributed by atoms with Crippen LogP contribution in [-0.2, 0) is 0 Å². The highest BCUT2D eigenvalue weighted by Gasteiger charge is 2.13. The molecule has 0 saturated heterocycles. The van der Waals surface area contributed by atoms with E-state index in [4.69, 9.17) is 39.2 Å². The Morgan fingerprint density at radius 3 is 2.56 bits per heavy atom. The van der Waals surface area contributed by atoms with Gasteiger partial charge in [-0.05, 0) is 32.0 Å². The zero-order valence-electron chi connectivity index (χ0n) is 9.80. The van der Waals surface area contributed by atoms with E-state index in [-0.39, 0.29) is 11.2 Å². The minimum atomic E-state index is -0.0686. The molecule has 96 valence electrons. The Hall–Kier alpha value is -0.900. The standard InChI is InChI=1S/C12H11Cl3N2O/c1-6-3-4-10(18-6)7(2)16-12-9(14)5-8(13)11(15)17-12/h3-5,7H,1-2H3,(H,16,17). The molecule has 2 rings (SSSR count). The summed E-state index contributed by atoms with van der Waals surface area (Å²) in [6.07, 6.45) is 0. The van der Waals surface area contributed by atoms with Gasteiger partial charge in [0.25, 0.3) is 0 Å². The molecule has 3 nitrogen and oxygen atoms in total. The van der Waals surface area contributed by atoms with Crippen molar-refractivity contribution in [1.29, 1.82) is 0 Å². The van der Waals surface area contributed by atoms with Crippen LogP contribution in [0.25, 0.3) is 0 Å². The predicted molar refractivity (Wildman–Crippen MR) is 74.7 cm³/mol. The van der Waals surface area contributed by atoms with Crippen molar-refractivity contribution in [3.8, 4) is 0 Å². The lowest BCUT2D eigenvalue weighted by molar-refractivity contribution is 0.466. The molecule has 2 aromatic heterocycles. The highest BCUT2D eigenvalue weighted by molar-refractivity contribution is 6.42. The van der Waals surface area contributed by atoms with Gasteiger partial charge in [-0.2, -0.15) is 0 Å². The van der Waals surface area contributed by atoms with Crippen molar-refractivity contribution in [3.05, 3.63) is 44.9 Å². The van der Waals surface area contributed by atoms with Crippen molar-refractivity contribution in [3.63, 3.8) is 0 Å². The van der Waals surface area contributed by atoms with Gasteiger partial charge in [-0.25, -0.2) is 4.98 Å². The quantitative estimate of drug-likeness (QED) is 0.800. The summed E-state index contributed by atoms with van der Waals surface area (Å²) in [5.74, 6) is 2.14. The van der Waals surface area contributed by atoms with Gasteiger partial charge in [0.2, 0.25) is 0 Å². The molecule has 0 spiro atoms. The van der Waals surface area contributed by atoms with Crippen LogP contribution in [0.4, 0.5) is 5.82 Å². The molecule has 0 aliphatic rings. The highest BCUT2D eigenvalue weighted by Crippen LogP contribution is 2.31. The zero-order chi connectivity index (χ0) is 13.3. The lowest BCUT2D eigenvalue weighted by atomic mass is 10.2. The molecule has 18 heavy (non-hydrogen) atoms. The Morgan fingerprint density at radius 1 is 1.22 bits per heavy atom. The maximum atomic E-state index is 6.04. The first kappa shape index (κ1) is 13.5. The van der Waals surface area contributed by atoms with E-state index in [2.05, 4.69) is 10.3 Å². The van der Waals surface area contributed by atoms with Crippen LogP contribution >= 0.6 is 34.8 Å². The molecule has 1 atom stereocenters. The van der Waals surface area contributed by atoms with Gasteiger partial charge in [0.05, 0.1) is 16.1 Å². The second-order valence-electron chi connectivity index (χ2n) is 3.91. The number of hydrogen-bond acceptors (Lipinski definition) is 3. The largest absolute Gasteiger partial charge is 0.464 e. The number of halogens is 3. The van der Waals surface area contributed by atoms with Crippen molar-refractivity contribution < 1.29 is 4.42 Å². The number of nitrogens with one attached hydrogen (secondary N) is 1. The summed E-state index contributed by atoms with van der Waals surface area (Å²) >= 11 is 17.7. The fourth-order valence-electron chi connectivity index (χ4n) is 1.51. The third-order valence-corrected chi connectivity index (χ3v) is 3.39. The summed E-state index contributed by atoms with van der Waals surface area (Å²) < 4.78 is 5.52. The lowest BCUT2D eigenvalue weighted by Gasteiger charge is -2.13. The molecule has 0 bridgehead atoms. The number of rotatable bonds is 3. The molecule has 1 unspecified atom stereocenters. The van der Waals surface area contributed by atoms with Gasteiger partial charge < -0.3 is 9.73 Å². The summed E-state index contributed by atoms with van der Waals surface area (Å²) in [6.45, 7) is 3.83. The Labute approximate surface area is 120 Å². The van der Waals surface area contributed by atoms with Gasteiger partial charge in [0, 0.05) is 0 Å². The molecule has 2 aromatic rings. The van der Waals surface area contributed by atoms with Crippen LogP contribution in [0.2, 0.25) is 15.2 Å². The zero-order valence-corrected chi connectivity index (χ0v) is 12.1. The number of pyridine rings is 1. The number of furan rings is 1. The predicted octanol–water partition coefficient (Wildman–Crippen LogP) is 5.12. The summed E-state index contributed by atoms with van der Waals surface area (Å²) in [4.78, 5) is 4.09. The van der Waals surface area contributed by atoms with E-state index in [0.717, 1.165) is 11.5 Å². The third-order valence-electron chi connectivity index (χ3n) is 2.43. The van der Waals surface area contributed by atoms with Crippen LogP contribution in [-0.4, -0.2) is 4.98 Å². The van der Waals surface area contributed by atoms with Crippen LogP contribution in [0.5, 0.6) is 0 Å². The Kier molecular flexibility index (Phi) is 4.05. The smallest absolute Gasteiger partial charge is 0.150 e. The van der Waals surface area contributed by atoms with Gasteiger partial charge in [-0.1, -0.05) is 34.8 Å². The third kappa shape index (κ3) is 2.91. The van der Waals surface area contributed by atoms with E-state index in [9.17, 15) is 0 Å². The minimum Gasteiger partial charge on any atom is -0.464 e. The summed E-state index contributed by atoms with van der Waals surface area (Å²) in [5.41, 5.74) is 0. The molecular formula is C12H11Cl3N2O. The van der Waals surface area contributed by atoms with Gasteiger partial charge in [0.15, 0.2) is 0 Å². The van der Waals surface area contributed by atoms with Crippen LogP contribution < -0.4 is 5.32 Å². The van der Waals surface area contributed by atoms with E-state index >= 15 is 0 Å². The molecule has 1 N–H and O–H groups in total. The van der Waals surface area contributed by atoms with Crippen LogP contribution in [0.3, 0.4) is 0 Å². The van der Waals surface area contributed by atoms with E-state index < -0.39 is 0 Å². The van der Waals surface area contributed by atoms with Crippen molar-refractivity contribution in [2.45, 2.75) is 19.9 Å². The number of nitrogens with zero attached hydrogens (tertiary/aromatic N) is 1. The minimum absolute atomic E-state index is 0.0686. The highest BCUT2D eigenvalue weighted by atomic mass is 35.5. The monoisotopic (exact) mass is 304 g/mol. The SMILES string of the molecule is Cc1ccc(C(C)Nc2nc(Cl)c(Cl)cc2Cl)o1. The van der Waals surface area contributed by atoms with Gasteiger partial charge in [-0.3, -0.25) is 0 Å². The molecule has 0 aliphatic carbocycles. The first-order valence-electron chi connectivity index (χ1n) is 5.32.